The lowest BCUT2D eigenvalue weighted by molar-refractivity contribution is 0.681. The van der Waals surface area contributed by atoms with E-state index in [-0.39, 0.29) is 0 Å². The Bertz CT molecular complexity index is 411. The van der Waals surface area contributed by atoms with Crippen molar-refractivity contribution >= 4 is 26.8 Å². The average Bonchev–Trinajstić information content (AvgIpc) is 2.30. The molecule has 0 saturated heterocycles. The Labute approximate surface area is 84.2 Å². The van der Waals surface area contributed by atoms with Gasteiger partial charge in [-0.15, -0.1) is 11.3 Å². The molecule has 0 N–H and O–H groups in total. The van der Waals surface area contributed by atoms with Gasteiger partial charge in [-0.05, 0) is 19.9 Å². The molecule has 0 fully saturated rings. The van der Waals surface area contributed by atoms with Gasteiger partial charge in [0.25, 0.3) is 0 Å². The third-order valence-electron chi connectivity index (χ3n) is 1.84. The van der Waals surface area contributed by atoms with E-state index in [1.807, 2.05) is 26.8 Å². The molecule has 0 spiro atoms. The van der Waals surface area contributed by atoms with Crippen LogP contribution in [0.1, 0.15) is 16.7 Å². The van der Waals surface area contributed by atoms with Gasteiger partial charge in [-0.2, -0.15) is 4.36 Å². The maximum Gasteiger partial charge on any atom is 0.0868 e. The number of aryl methyl sites for hydroxylation is 2. The molecule has 0 aromatic carbocycles. The van der Waals surface area contributed by atoms with Crippen molar-refractivity contribution < 1.29 is 4.21 Å². The molecule has 74 valence electrons. The first-order valence-electron chi connectivity index (χ1n) is 4.21. The second-order valence-corrected chi connectivity index (χ2v) is 7.28. The highest BCUT2D eigenvalue weighted by atomic mass is 32.2. The quantitative estimate of drug-likeness (QED) is 0.748. The van der Waals surface area contributed by atoms with Crippen molar-refractivity contribution in [3.63, 3.8) is 0 Å². The highest BCUT2D eigenvalue weighted by Gasteiger charge is 2.04. The molecule has 0 aliphatic carbocycles. The minimum absolute atomic E-state index is 0.612. The monoisotopic (exact) mass is 217 g/mol. The van der Waals surface area contributed by atoms with Crippen LogP contribution in [0.4, 0.5) is 5.69 Å². The van der Waals surface area contributed by atoms with Crippen LogP contribution in [0.2, 0.25) is 0 Å². The maximum atomic E-state index is 11.7. The summed E-state index contributed by atoms with van der Waals surface area (Å²) in [5.74, 6) is 0.612. The fourth-order valence-electron chi connectivity index (χ4n) is 0.981. The lowest BCUT2D eigenvalue weighted by atomic mass is 10.4. The Morgan fingerprint density at radius 2 is 2.15 bits per heavy atom. The molecule has 0 radical (unpaired) electrons. The zero-order chi connectivity index (χ0) is 10.1. The van der Waals surface area contributed by atoms with Crippen molar-refractivity contribution in [3.8, 4) is 0 Å². The van der Waals surface area contributed by atoms with Gasteiger partial charge in [-0.3, -0.25) is 0 Å². The molecule has 1 aromatic rings. The van der Waals surface area contributed by atoms with Crippen LogP contribution >= 0.6 is 11.3 Å². The zero-order valence-electron chi connectivity index (χ0n) is 8.46. The molecule has 2 nitrogen and oxygen atoms in total. The lowest BCUT2D eigenvalue weighted by Crippen LogP contribution is -1.97. The molecule has 1 aromatic heterocycles. The van der Waals surface area contributed by atoms with E-state index in [0.717, 1.165) is 10.6 Å². The summed E-state index contributed by atoms with van der Waals surface area (Å²) in [4.78, 5) is 2.38. The minimum Gasteiger partial charge on any atom is -0.250 e. The molecule has 0 aliphatic heterocycles. The van der Waals surface area contributed by atoms with Gasteiger partial charge in [0.15, 0.2) is 0 Å². The van der Waals surface area contributed by atoms with Crippen LogP contribution in [0.5, 0.6) is 0 Å². The third kappa shape index (κ3) is 2.81. The summed E-state index contributed by atoms with van der Waals surface area (Å²) in [6.07, 6.45) is 1.71. The normalized spacial score (nSPS) is 15.4. The Kier molecular flexibility index (Phi) is 3.14. The van der Waals surface area contributed by atoms with Gasteiger partial charge < -0.3 is 0 Å². The summed E-state index contributed by atoms with van der Waals surface area (Å²) in [6, 6.07) is 2.00. The summed E-state index contributed by atoms with van der Waals surface area (Å²) >= 11 is 1.70. The minimum atomic E-state index is -2.00. The molecule has 0 aliphatic rings. The molecule has 13 heavy (non-hydrogen) atoms. The van der Waals surface area contributed by atoms with Crippen LogP contribution in [0.3, 0.4) is 0 Å². The van der Waals surface area contributed by atoms with Gasteiger partial charge >= 0.3 is 0 Å². The fraction of sp³-hybridized carbons (Fsp3) is 0.556. The molecule has 1 rings (SSSR count). The SMILES string of the molecule is CC[S@@](C)(=O)=Nc1cc(C)sc1C. The van der Waals surface area contributed by atoms with Crippen LogP contribution in [-0.2, 0) is 9.73 Å². The zero-order valence-corrected chi connectivity index (χ0v) is 10.1. The van der Waals surface area contributed by atoms with Gasteiger partial charge in [0.05, 0.1) is 5.69 Å². The molecule has 4 heteroatoms. The highest BCUT2D eigenvalue weighted by Crippen LogP contribution is 2.28. The second-order valence-electron chi connectivity index (χ2n) is 3.14. The Balaban J connectivity index is 3.18. The van der Waals surface area contributed by atoms with E-state index in [2.05, 4.69) is 4.36 Å². The number of rotatable bonds is 2. The first-order valence-corrected chi connectivity index (χ1v) is 7.12. The fourth-order valence-corrected chi connectivity index (χ4v) is 2.64. The van der Waals surface area contributed by atoms with Gasteiger partial charge in [0.1, 0.15) is 0 Å². The third-order valence-corrected chi connectivity index (χ3v) is 4.45. The smallest absolute Gasteiger partial charge is 0.0868 e. The van der Waals surface area contributed by atoms with E-state index >= 15 is 0 Å². The standard InChI is InChI=1S/C9H15NOS2/c1-5-13(4,11)10-9-6-7(2)12-8(9)3/h6H,5H2,1-4H3/t13-/m1/s1. The average molecular weight is 217 g/mol. The van der Waals surface area contributed by atoms with E-state index in [9.17, 15) is 4.21 Å². The molecule has 1 atom stereocenters. The van der Waals surface area contributed by atoms with Crippen LogP contribution < -0.4 is 0 Å². The van der Waals surface area contributed by atoms with Gasteiger partial charge in [0.2, 0.25) is 0 Å². The first kappa shape index (κ1) is 10.7. The van der Waals surface area contributed by atoms with Crippen molar-refractivity contribution in [2.45, 2.75) is 20.8 Å². The van der Waals surface area contributed by atoms with E-state index < -0.39 is 9.73 Å². The highest BCUT2D eigenvalue weighted by molar-refractivity contribution is 7.93. The Morgan fingerprint density at radius 3 is 2.54 bits per heavy atom. The van der Waals surface area contributed by atoms with Crippen LogP contribution in [-0.4, -0.2) is 16.2 Å². The summed E-state index contributed by atoms with van der Waals surface area (Å²) < 4.78 is 16.0. The topological polar surface area (TPSA) is 29.4 Å². The molecule has 1 heterocycles. The molecular weight excluding hydrogens is 202 g/mol. The van der Waals surface area contributed by atoms with Crippen LogP contribution in [0.15, 0.2) is 10.4 Å². The molecular formula is C9H15NOS2. The molecule has 0 saturated carbocycles. The first-order chi connectivity index (χ1) is 5.94. The summed E-state index contributed by atoms with van der Waals surface area (Å²) in [6.45, 7) is 5.96. The van der Waals surface area contributed by atoms with Crippen molar-refractivity contribution in [3.05, 3.63) is 15.8 Å². The number of hydrogen-bond donors (Lipinski definition) is 0. The lowest BCUT2D eigenvalue weighted by Gasteiger charge is -1.98. The molecule has 0 unspecified atom stereocenters. The van der Waals surface area contributed by atoms with Crippen molar-refractivity contribution in [1.82, 2.24) is 0 Å². The van der Waals surface area contributed by atoms with E-state index in [1.54, 1.807) is 17.6 Å². The van der Waals surface area contributed by atoms with E-state index in [1.165, 1.54) is 4.88 Å². The van der Waals surface area contributed by atoms with Crippen molar-refractivity contribution in [1.29, 1.82) is 0 Å². The van der Waals surface area contributed by atoms with Crippen LogP contribution in [0.25, 0.3) is 0 Å². The maximum absolute atomic E-state index is 11.7. The van der Waals surface area contributed by atoms with Gasteiger partial charge in [0, 0.05) is 31.5 Å². The number of thiophene rings is 1. The summed E-state index contributed by atoms with van der Waals surface area (Å²) in [5, 5.41) is 0. The summed E-state index contributed by atoms with van der Waals surface area (Å²) in [5.41, 5.74) is 0.900. The predicted molar refractivity (Wildman–Crippen MR) is 60.5 cm³/mol. The van der Waals surface area contributed by atoms with Crippen molar-refractivity contribution in [2.24, 2.45) is 4.36 Å². The Morgan fingerprint density at radius 1 is 1.54 bits per heavy atom. The number of hydrogen-bond acceptors (Lipinski definition) is 3. The van der Waals surface area contributed by atoms with Gasteiger partial charge in [-0.25, -0.2) is 4.21 Å². The summed E-state index contributed by atoms with van der Waals surface area (Å²) in [7, 11) is -2.00. The van der Waals surface area contributed by atoms with E-state index in [0.29, 0.717) is 5.75 Å². The van der Waals surface area contributed by atoms with Crippen molar-refractivity contribution in [2.75, 3.05) is 12.0 Å². The van der Waals surface area contributed by atoms with E-state index in [4.69, 9.17) is 0 Å². The molecule has 0 bridgehead atoms. The largest absolute Gasteiger partial charge is 0.250 e. The molecule has 0 amide bonds. The number of nitrogens with zero attached hydrogens (tertiary/aromatic N) is 1. The predicted octanol–water partition coefficient (Wildman–Crippen LogP) is 3.11. The Hall–Kier alpha value is -0.350. The van der Waals surface area contributed by atoms with Crippen LogP contribution in [0, 0.1) is 13.8 Å². The van der Waals surface area contributed by atoms with Gasteiger partial charge in [-0.1, -0.05) is 6.92 Å². The second kappa shape index (κ2) is 3.80.